The first-order chi connectivity index (χ1) is 11.9. The van der Waals surface area contributed by atoms with Crippen molar-refractivity contribution in [1.29, 1.82) is 0 Å². The molecule has 2 aliphatic heterocycles. The molecule has 0 saturated carbocycles. The summed E-state index contributed by atoms with van der Waals surface area (Å²) in [5.41, 5.74) is -0.0957. The first-order valence-electron chi connectivity index (χ1n) is 8.74. The van der Waals surface area contributed by atoms with E-state index in [0.717, 1.165) is 0 Å². The van der Waals surface area contributed by atoms with Crippen LogP contribution in [0.25, 0.3) is 0 Å². The highest BCUT2D eigenvalue weighted by molar-refractivity contribution is 6.65. The quantitative estimate of drug-likeness (QED) is 0.731. The van der Waals surface area contributed by atoms with Gasteiger partial charge in [-0.1, -0.05) is 11.6 Å². The van der Waals surface area contributed by atoms with Gasteiger partial charge in [0.25, 0.3) is 11.8 Å². The van der Waals surface area contributed by atoms with E-state index in [1.165, 1.54) is 4.90 Å². The van der Waals surface area contributed by atoms with E-state index in [-0.39, 0.29) is 31.8 Å². The van der Waals surface area contributed by atoms with E-state index >= 15 is 0 Å². The maximum Gasteiger partial charge on any atom is 0.496 e. The third kappa shape index (κ3) is 3.62. The second-order valence-electron chi connectivity index (χ2n) is 7.97. The zero-order chi connectivity index (χ0) is 19.3. The highest BCUT2D eigenvalue weighted by Gasteiger charge is 2.52. The number of piperidine rings is 1. The van der Waals surface area contributed by atoms with Crippen LogP contribution in [0.15, 0.2) is 18.2 Å². The van der Waals surface area contributed by atoms with Crippen LogP contribution in [-0.4, -0.2) is 48.1 Å². The van der Waals surface area contributed by atoms with Crippen molar-refractivity contribution in [3.05, 3.63) is 28.8 Å². The number of benzene rings is 1. The molecule has 0 aromatic heterocycles. The second kappa shape index (κ2) is 6.46. The molecule has 0 bridgehead atoms. The van der Waals surface area contributed by atoms with Gasteiger partial charge in [-0.05, 0) is 45.9 Å². The molecule has 0 atom stereocenters. The number of carbonyl (C=O) groups excluding carboxylic acids is 1. The lowest BCUT2D eigenvalue weighted by molar-refractivity contribution is -0.0494. The van der Waals surface area contributed by atoms with Crippen LogP contribution in [-0.2, 0) is 9.31 Å². The number of hydrogen-bond donors (Lipinski definition) is 0. The topological polar surface area (TPSA) is 38.8 Å². The second-order valence-corrected chi connectivity index (χ2v) is 8.38. The highest BCUT2D eigenvalue weighted by Crippen LogP contribution is 2.37. The van der Waals surface area contributed by atoms with Crippen molar-refractivity contribution in [3.63, 3.8) is 0 Å². The van der Waals surface area contributed by atoms with Gasteiger partial charge in [0.2, 0.25) is 0 Å². The Morgan fingerprint density at radius 1 is 1.12 bits per heavy atom. The molecule has 2 aliphatic rings. The molecule has 8 heteroatoms. The van der Waals surface area contributed by atoms with Gasteiger partial charge < -0.3 is 14.2 Å². The molecule has 1 amide bonds. The summed E-state index contributed by atoms with van der Waals surface area (Å²) in [5, 5.41) is 0.435. The molecule has 1 aromatic carbocycles. The van der Waals surface area contributed by atoms with Crippen LogP contribution in [0.5, 0.6) is 0 Å². The predicted molar refractivity (Wildman–Crippen MR) is 97.3 cm³/mol. The van der Waals surface area contributed by atoms with Crippen molar-refractivity contribution in [2.24, 2.45) is 0 Å². The number of rotatable bonds is 2. The Balaban J connectivity index is 1.82. The summed E-state index contributed by atoms with van der Waals surface area (Å²) in [6, 6.07) is 4.86. The van der Waals surface area contributed by atoms with Gasteiger partial charge in [-0.3, -0.25) is 4.79 Å². The van der Waals surface area contributed by atoms with Crippen LogP contribution in [0.4, 0.5) is 8.78 Å². The van der Waals surface area contributed by atoms with Crippen molar-refractivity contribution in [2.45, 2.75) is 57.7 Å². The Hall–Kier alpha value is -1.18. The average molecular weight is 386 g/mol. The molecular formula is C18H23BClF2NO3. The van der Waals surface area contributed by atoms with Gasteiger partial charge in [0, 0.05) is 42.0 Å². The molecule has 0 unspecified atom stereocenters. The van der Waals surface area contributed by atoms with Gasteiger partial charge in [0.15, 0.2) is 0 Å². The number of carbonyl (C=O) groups is 1. The number of halogens is 3. The summed E-state index contributed by atoms with van der Waals surface area (Å²) >= 11 is 6.31. The summed E-state index contributed by atoms with van der Waals surface area (Å²) < 4.78 is 38.7. The molecule has 0 spiro atoms. The minimum absolute atomic E-state index is 0.0419. The number of likely N-dealkylation sites (tertiary alicyclic amines) is 1. The molecule has 142 valence electrons. The normalized spacial score (nSPS) is 24.0. The average Bonchev–Trinajstić information content (AvgIpc) is 2.75. The van der Waals surface area contributed by atoms with E-state index in [0.29, 0.717) is 16.0 Å². The number of amides is 1. The number of hydrogen-bond acceptors (Lipinski definition) is 3. The third-order valence-electron chi connectivity index (χ3n) is 5.53. The maximum atomic E-state index is 13.3. The summed E-state index contributed by atoms with van der Waals surface area (Å²) in [7, 11) is -0.689. The monoisotopic (exact) mass is 385 g/mol. The van der Waals surface area contributed by atoms with Crippen LogP contribution in [0.2, 0.25) is 5.02 Å². The molecule has 26 heavy (non-hydrogen) atoms. The van der Waals surface area contributed by atoms with Crippen LogP contribution in [0, 0.1) is 0 Å². The minimum Gasteiger partial charge on any atom is -0.399 e. The molecule has 2 fully saturated rings. The fourth-order valence-electron chi connectivity index (χ4n) is 3.05. The van der Waals surface area contributed by atoms with E-state index in [9.17, 15) is 13.6 Å². The number of nitrogens with zero attached hydrogens (tertiary/aromatic N) is 1. The Labute approximate surface area is 157 Å². The van der Waals surface area contributed by atoms with E-state index in [1.807, 2.05) is 27.7 Å². The molecular weight excluding hydrogens is 362 g/mol. The molecule has 1 aromatic rings. The highest BCUT2D eigenvalue weighted by atomic mass is 35.5. The standard InChI is InChI=1S/C18H23BClF2NO3/c1-16(2)17(3,4)26-19(25-16)13-11-12(5-6-14(13)20)15(24)23-9-7-18(21,22)8-10-23/h5-6,11H,7-10H2,1-4H3. The largest absolute Gasteiger partial charge is 0.496 e. The minimum atomic E-state index is -2.69. The Morgan fingerprint density at radius 2 is 1.65 bits per heavy atom. The van der Waals surface area contributed by atoms with Crippen molar-refractivity contribution in [1.82, 2.24) is 4.90 Å². The first-order valence-corrected chi connectivity index (χ1v) is 9.12. The molecule has 2 heterocycles. The SMILES string of the molecule is CC1(C)OB(c2cc(C(=O)N3CCC(F)(F)CC3)ccc2Cl)OC1(C)C. The zero-order valence-electron chi connectivity index (χ0n) is 15.4. The van der Waals surface area contributed by atoms with Crippen molar-refractivity contribution < 1.29 is 22.9 Å². The fraction of sp³-hybridized carbons (Fsp3) is 0.611. The zero-order valence-corrected chi connectivity index (χ0v) is 16.2. The molecule has 0 N–H and O–H groups in total. The summed E-state index contributed by atoms with van der Waals surface area (Å²) in [5.74, 6) is -2.97. The third-order valence-corrected chi connectivity index (χ3v) is 5.88. The van der Waals surface area contributed by atoms with Crippen molar-refractivity contribution in [3.8, 4) is 0 Å². The van der Waals surface area contributed by atoms with Crippen molar-refractivity contribution in [2.75, 3.05) is 13.1 Å². The predicted octanol–water partition coefficient (Wildman–Crippen LogP) is 3.51. The summed E-state index contributed by atoms with van der Waals surface area (Å²) in [4.78, 5) is 14.2. The van der Waals surface area contributed by atoms with Gasteiger partial charge in [0.05, 0.1) is 11.2 Å². The van der Waals surface area contributed by atoms with E-state index in [4.69, 9.17) is 20.9 Å². The van der Waals surface area contributed by atoms with Crippen LogP contribution in [0.1, 0.15) is 50.9 Å². The van der Waals surface area contributed by atoms with Crippen LogP contribution in [0.3, 0.4) is 0 Å². The van der Waals surface area contributed by atoms with Crippen LogP contribution >= 0.6 is 11.6 Å². The molecule has 0 aliphatic carbocycles. The van der Waals surface area contributed by atoms with Crippen molar-refractivity contribution >= 4 is 30.1 Å². The van der Waals surface area contributed by atoms with E-state index in [2.05, 4.69) is 0 Å². The lowest BCUT2D eigenvalue weighted by Crippen LogP contribution is -2.43. The molecule has 2 saturated heterocycles. The van der Waals surface area contributed by atoms with Gasteiger partial charge in [-0.2, -0.15) is 0 Å². The summed E-state index contributed by atoms with van der Waals surface area (Å²) in [6.45, 7) is 7.82. The van der Waals surface area contributed by atoms with Gasteiger partial charge >= 0.3 is 7.12 Å². The first kappa shape index (κ1) is 19.6. The van der Waals surface area contributed by atoms with Gasteiger partial charge in [-0.15, -0.1) is 0 Å². The smallest absolute Gasteiger partial charge is 0.399 e. The molecule has 3 rings (SSSR count). The fourth-order valence-corrected chi connectivity index (χ4v) is 3.25. The molecule has 4 nitrogen and oxygen atoms in total. The Kier molecular flexibility index (Phi) is 4.87. The Morgan fingerprint density at radius 3 is 2.19 bits per heavy atom. The summed E-state index contributed by atoms with van der Waals surface area (Å²) in [6.07, 6.45) is -0.618. The van der Waals surface area contributed by atoms with E-state index < -0.39 is 24.2 Å². The van der Waals surface area contributed by atoms with E-state index in [1.54, 1.807) is 18.2 Å². The lowest BCUT2D eigenvalue weighted by Gasteiger charge is -2.32. The number of alkyl halides is 2. The Bertz CT molecular complexity index is 700. The lowest BCUT2D eigenvalue weighted by atomic mass is 9.78. The molecule has 0 radical (unpaired) electrons. The van der Waals surface area contributed by atoms with Gasteiger partial charge in [0.1, 0.15) is 0 Å². The van der Waals surface area contributed by atoms with Crippen LogP contribution < -0.4 is 5.46 Å². The van der Waals surface area contributed by atoms with Gasteiger partial charge in [-0.25, -0.2) is 8.78 Å². The maximum absolute atomic E-state index is 13.3.